The fourth-order valence-electron chi connectivity index (χ4n) is 4.14. The van der Waals surface area contributed by atoms with Crippen LogP contribution in [0.3, 0.4) is 0 Å². The number of hydrogen-bond acceptors (Lipinski definition) is 6. The largest absolute Gasteiger partial charge is 0.508 e. The summed E-state index contributed by atoms with van der Waals surface area (Å²) in [5.74, 6) is 0.878. The van der Waals surface area contributed by atoms with Crippen molar-refractivity contribution in [3.05, 3.63) is 47.7 Å². The van der Waals surface area contributed by atoms with E-state index in [2.05, 4.69) is 9.88 Å². The Balaban J connectivity index is 1.34. The molecule has 31 heavy (non-hydrogen) atoms. The second-order valence-corrected chi connectivity index (χ2v) is 8.14. The molecule has 1 aromatic carbocycles. The molecule has 0 spiro atoms. The molecule has 0 bridgehead atoms. The summed E-state index contributed by atoms with van der Waals surface area (Å²) in [5.41, 5.74) is 6.82. The van der Waals surface area contributed by atoms with E-state index in [1.54, 1.807) is 36.5 Å². The van der Waals surface area contributed by atoms with Crippen molar-refractivity contribution in [3.63, 3.8) is 0 Å². The number of anilines is 1. The van der Waals surface area contributed by atoms with Crippen molar-refractivity contribution in [2.75, 3.05) is 31.1 Å². The monoisotopic (exact) mass is 424 g/mol. The van der Waals surface area contributed by atoms with Crippen molar-refractivity contribution in [2.45, 2.75) is 38.2 Å². The molecule has 0 atom stereocenters. The van der Waals surface area contributed by atoms with Crippen LogP contribution in [-0.4, -0.2) is 59.1 Å². The van der Waals surface area contributed by atoms with Crippen molar-refractivity contribution < 1.29 is 19.4 Å². The van der Waals surface area contributed by atoms with Gasteiger partial charge in [-0.25, -0.2) is 4.98 Å². The minimum atomic E-state index is -0.528. The molecule has 2 saturated heterocycles. The average molecular weight is 425 g/mol. The number of piperidine rings is 1. The number of amides is 2. The van der Waals surface area contributed by atoms with Gasteiger partial charge in [0.2, 0.25) is 5.91 Å². The molecule has 0 unspecified atom stereocenters. The standard InChI is InChI=1S/C23H28N4O4/c24-23(30)19-14-21(26-9-1-2-10-26)25-15-20(19)31-18-7-11-27(12-8-18)22(29)13-16-3-5-17(28)6-4-16/h3-6,14-15,18,28H,1-2,7-13H2,(H2,24,30). The van der Waals surface area contributed by atoms with E-state index in [4.69, 9.17) is 10.5 Å². The van der Waals surface area contributed by atoms with E-state index in [0.717, 1.165) is 37.3 Å². The van der Waals surface area contributed by atoms with Crippen LogP contribution in [0.15, 0.2) is 36.5 Å². The van der Waals surface area contributed by atoms with Crippen molar-refractivity contribution in [2.24, 2.45) is 5.73 Å². The maximum Gasteiger partial charge on any atom is 0.252 e. The number of rotatable bonds is 6. The summed E-state index contributed by atoms with van der Waals surface area (Å²) >= 11 is 0. The molecule has 2 aliphatic heterocycles. The second kappa shape index (κ2) is 9.24. The fourth-order valence-corrected chi connectivity index (χ4v) is 4.14. The van der Waals surface area contributed by atoms with Crippen LogP contribution in [0, 0.1) is 0 Å². The minimum Gasteiger partial charge on any atom is -0.508 e. The quantitative estimate of drug-likeness (QED) is 0.735. The predicted octanol–water partition coefficient (Wildman–Crippen LogP) is 2.10. The van der Waals surface area contributed by atoms with Crippen molar-refractivity contribution >= 4 is 17.6 Å². The third-order valence-corrected chi connectivity index (χ3v) is 5.93. The van der Waals surface area contributed by atoms with Gasteiger partial charge in [-0.15, -0.1) is 0 Å². The zero-order valence-corrected chi connectivity index (χ0v) is 17.5. The maximum absolute atomic E-state index is 12.6. The van der Waals surface area contributed by atoms with Gasteiger partial charge in [-0.2, -0.15) is 0 Å². The predicted molar refractivity (Wildman–Crippen MR) is 116 cm³/mol. The molecule has 3 heterocycles. The molecule has 8 heteroatoms. The lowest BCUT2D eigenvalue weighted by molar-refractivity contribution is -0.132. The van der Waals surface area contributed by atoms with Crippen LogP contribution < -0.4 is 15.4 Å². The molecule has 2 amide bonds. The number of primary amides is 1. The van der Waals surface area contributed by atoms with Gasteiger partial charge in [0.05, 0.1) is 18.2 Å². The third-order valence-electron chi connectivity index (χ3n) is 5.93. The van der Waals surface area contributed by atoms with Gasteiger partial charge in [-0.05, 0) is 36.6 Å². The Hall–Kier alpha value is -3.29. The van der Waals surface area contributed by atoms with Crippen LogP contribution in [0.4, 0.5) is 5.82 Å². The smallest absolute Gasteiger partial charge is 0.252 e. The van der Waals surface area contributed by atoms with Gasteiger partial charge in [-0.3, -0.25) is 9.59 Å². The summed E-state index contributed by atoms with van der Waals surface area (Å²) in [6, 6.07) is 8.41. The Bertz CT molecular complexity index is 933. The van der Waals surface area contributed by atoms with Gasteiger partial charge in [0.25, 0.3) is 5.91 Å². The van der Waals surface area contributed by atoms with Crippen LogP contribution >= 0.6 is 0 Å². The number of pyridine rings is 1. The van der Waals surface area contributed by atoms with E-state index >= 15 is 0 Å². The SMILES string of the molecule is NC(=O)c1cc(N2CCCC2)ncc1OC1CCN(C(=O)Cc2ccc(O)cc2)CC1. The molecule has 0 radical (unpaired) electrons. The number of benzene rings is 1. The first-order valence-electron chi connectivity index (χ1n) is 10.8. The number of nitrogens with two attached hydrogens (primary N) is 1. The first kappa shape index (κ1) is 21.0. The molecule has 3 N–H and O–H groups in total. The number of ether oxygens (including phenoxy) is 1. The molecule has 164 valence electrons. The average Bonchev–Trinajstić information content (AvgIpc) is 3.31. The van der Waals surface area contributed by atoms with Gasteiger partial charge >= 0.3 is 0 Å². The lowest BCUT2D eigenvalue weighted by Gasteiger charge is -2.32. The molecule has 2 aromatic rings. The Morgan fingerprint density at radius 3 is 2.42 bits per heavy atom. The zero-order chi connectivity index (χ0) is 21.8. The Morgan fingerprint density at radius 2 is 1.77 bits per heavy atom. The molecule has 2 fully saturated rings. The highest BCUT2D eigenvalue weighted by atomic mass is 16.5. The van der Waals surface area contributed by atoms with Gasteiger partial charge in [0, 0.05) is 39.0 Å². The van der Waals surface area contributed by atoms with E-state index < -0.39 is 5.91 Å². The van der Waals surface area contributed by atoms with Gasteiger partial charge in [0.15, 0.2) is 5.75 Å². The Morgan fingerprint density at radius 1 is 1.10 bits per heavy atom. The highest BCUT2D eigenvalue weighted by Gasteiger charge is 2.26. The summed E-state index contributed by atoms with van der Waals surface area (Å²) in [7, 11) is 0. The first-order chi connectivity index (χ1) is 15.0. The maximum atomic E-state index is 12.6. The Kier molecular flexibility index (Phi) is 6.25. The number of aromatic hydroxyl groups is 1. The van der Waals surface area contributed by atoms with Crippen LogP contribution in [-0.2, 0) is 11.2 Å². The number of likely N-dealkylation sites (tertiary alicyclic amines) is 1. The van der Waals surface area contributed by atoms with Crippen LogP contribution in [0.2, 0.25) is 0 Å². The van der Waals surface area contributed by atoms with Crippen LogP contribution in [0.1, 0.15) is 41.6 Å². The summed E-state index contributed by atoms with van der Waals surface area (Å²) < 4.78 is 6.08. The topological polar surface area (TPSA) is 109 Å². The van der Waals surface area contributed by atoms with Gasteiger partial charge in [-0.1, -0.05) is 12.1 Å². The van der Waals surface area contributed by atoms with Crippen LogP contribution in [0.25, 0.3) is 0 Å². The molecular formula is C23H28N4O4. The lowest BCUT2D eigenvalue weighted by Crippen LogP contribution is -2.42. The van der Waals surface area contributed by atoms with Crippen molar-refractivity contribution in [1.82, 2.24) is 9.88 Å². The summed E-state index contributed by atoms with van der Waals surface area (Å²) in [5, 5.41) is 9.37. The number of phenolic OH excluding ortho intramolecular Hbond substituents is 1. The first-order valence-corrected chi connectivity index (χ1v) is 10.8. The molecule has 1 aromatic heterocycles. The van der Waals surface area contributed by atoms with E-state index in [1.807, 2.05) is 4.90 Å². The van der Waals surface area contributed by atoms with E-state index in [0.29, 0.717) is 43.7 Å². The van der Waals surface area contributed by atoms with E-state index in [-0.39, 0.29) is 17.8 Å². The lowest BCUT2D eigenvalue weighted by atomic mass is 10.1. The van der Waals surface area contributed by atoms with E-state index in [1.165, 1.54) is 0 Å². The number of carbonyl (C=O) groups excluding carboxylic acids is 2. The highest BCUT2D eigenvalue weighted by molar-refractivity contribution is 5.96. The number of nitrogens with zero attached hydrogens (tertiary/aromatic N) is 3. The summed E-state index contributed by atoms with van der Waals surface area (Å²) in [6.07, 6.45) is 5.39. The third kappa shape index (κ3) is 5.07. The highest BCUT2D eigenvalue weighted by Crippen LogP contribution is 2.27. The van der Waals surface area contributed by atoms with Gasteiger partial charge in [0.1, 0.15) is 17.7 Å². The number of phenols is 1. The number of hydrogen-bond donors (Lipinski definition) is 2. The van der Waals surface area contributed by atoms with Crippen LogP contribution in [0.5, 0.6) is 11.5 Å². The molecule has 0 saturated carbocycles. The molecule has 0 aliphatic carbocycles. The summed E-state index contributed by atoms with van der Waals surface area (Å²) in [4.78, 5) is 33.0. The molecular weight excluding hydrogens is 396 g/mol. The molecule has 8 nitrogen and oxygen atoms in total. The van der Waals surface area contributed by atoms with Gasteiger partial charge < -0.3 is 25.4 Å². The second-order valence-electron chi connectivity index (χ2n) is 8.14. The van der Waals surface area contributed by atoms with Crippen molar-refractivity contribution in [1.29, 1.82) is 0 Å². The molecule has 4 rings (SSSR count). The minimum absolute atomic E-state index is 0.0543. The zero-order valence-electron chi connectivity index (χ0n) is 17.5. The number of carbonyl (C=O) groups is 2. The number of aromatic nitrogens is 1. The van der Waals surface area contributed by atoms with E-state index in [9.17, 15) is 14.7 Å². The Labute approximate surface area is 181 Å². The van der Waals surface area contributed by atoms with Crippen molar-refractivity contribution in [3.8, 4) is 11.5 Å². The fraction of sp³-hybridized carbons (Fsp3) is 0.435. The summed E-state index contributed by atoms with van der Waals surface area (Å²) in [6.45, 7) is 3.05. The molecule has 2 aliphatic rings. The normalized spacial score (nSPS) is 17.0.